The highest BCUT2D eigenvalue weighted by atomic mass is 35.5. The van der Waals surface area contributed by atoms with E-state index in [-0.39, 0.29) is 22.9 Å². The molecule has 0 aliphatic rings. The summed E-state index contributed by atoms with van der Waals surface area (Å²) in [7, 11) is 1.57. The van der Waals surface area contributed by atoms with E-state index < -0.39 is 0 Å². The molecule has 2 aromatic heterocycles. The first-order chi connectivity index (χ1) is 14.4. The van der Waals surface area contributed by atoms with Gasteiger partial charge in [-0.25, -0.2) is 4.98 Å². The van der Waals surface area contributed by atoms with Gasteiger partial charge < -0.3 is 16.2 Å². The number of benzene rings is 2. The molecular weight excluding hydrogens is 420 g/mol. The molecule has 4 N–H and O–H groups in total. The first-order valence-corrected chi connectivity index (χ1v) is 10.00. The Labute approximate surface area is 181 Å². The van der Waals surface area contributed by atoms with Crippen LogP contribution in [0.15, 0.2) is 48.5 Å². The number of aromatic nitrogens is 1. The predicted octanol–water partition coefficient (Wildman–Crippen LogP) is 4.89. The number of thiophene rings is 1. The van der Waals surface area contributed by atoms with Gasteiger partial charge in [-0.3, -0.25) is 4.79 Å². The summed E-state index contributed by atoms with van der Waals surface area (Å²) in [5, 5.41) is 10.8. The summed E-state index contributed by atoms with van der Waals surface area (Å²) < 4.78 is 5.21. The van der Waals surface area contributed by atoms with Crippen LogP contribution in [0.5, 0.6) is 5.75 Å². The van der Waals surface area contributed by atoms with Crippen molar-refractivity contribution in [1.82, 2.24) is 4.98 Å². The SMILES string of the molecule is COc1ccc(-c2c(C#N)c(N)nc3sc(C(=O)c4ccc(Cl)cc4)c(N)c23)cc1. The zero-order valence-corrected chi connectivity index (χ0v) is 17.3. The van der Waals surface area contributed by atoms with Crippen molar-refractivity contribution in [2.45, 2.75) is 0 Å². The molecule has 0 atom stereocenters. The highest BCUT2D eigenvalue weighted by molar-refractivity contribution is 7.21. The van der Waals surface area contributed by atoms with Crippen molar-refractivity contribution in [2.75, 3.05) is 18.6 Å². The van der Waals surface area contributed by atoms with Gasteiger partial charge in [0.15, 0.2) is 0 Å². The lowest BCUT2D eigenvalue weighted by atomic mass is 9.96. The van der Waals surface area contributed by atoms with Crippen LogP contribution in [-0.2, 0) is 0 Å². The molecule has 0 saturated carbocycles. The molecule has 148 valence electrons. The van der Waals surface area contributed by atoms with Crippen LogP contribution in [0.3, 0.4) is 0 Å². The van der Waals surface area contributed by atoms with Gasteiger partial charge in [0.05, 0.1) is 12.8 Å². The normalized spacial score (nSPS) is 10.7. The molecule has 6 nitrogen and oxygen atoms in total. The predicted molar refractivity (Wildman–Crippen MR) is 120 cm³/mol. The van der Waals surface area contributed by atoms with Crippen LogP contribution in [0, 0.1) is 11.3 Å². The Morgan fingerprint density at radius 2 is 1.80 bits per heavy atom. The van der Waals surface area contributed by atoms with E-state index in [1.807, 2.05) is 12.1 Å². The summed E-state index contributed by atoms with van der Waals surface area (Å²) in [5.74, 6) is 0.514. The first-order valence-electron chi connectivity index (χ1n) is 8.80. The second kappa shape index (κ2) is 7.67. The van der Waals surface area contributed by atoms with Gasteiger partial charge in [-0.05, 0) is 42.0 Å². The molecule has 0 saturated heterocycles. The largest absolute Gasteiger partial charge is 0.497 e. The van der Waals surface area contributed by atoms with E-state index in [2.05, 4.69) is 11.1 Å². The number of nitrogen functional groups attached to an aromatic ring is 2. The smallest absolute Gasteiger partial charge is 0.205 e. The highest BCUT2D eigenvalue weighted by Gasteiger charge is 2.24. The average molecular weight is 435 g/mol. The Balaban J connectivity index is 1.97. The molecule has 0 fully saturated rings. The van der Waals surface area contributed by atoms with E-state index in [4.69, 9.17) is 27.8 Å². The van der Waals surface area contributed by atoms with Gasteiger partial charge in [0.2, 0.25) is 5.78 Å². The fourth-order valence-corrected chi connectivity index (χ4v) is 4.43. The minimum Gasteiger partial charge on any atom is -0.497 e. The van der Waals surface area contributed by atoms with Gasteiger partial charge in [-0.15, -0.1) is 11.3 Å². The van der Waals surface area contributed by atoms with Crippen molar-refractivity contribution in [2.24, 2.45) is 0 Å². The summed E-state index contributed by atoms with van der Waals surface area (Å²) in [6.07, 6.45) is 0. The maximum atomic E-state index is 13.1. The summed E-state index contributed by atoms with van der Waals surface area (Å²) in [5.41, 5.74) is 14.7. The number of rotatable bonds is 4. The fraction of sp³-hybridized carbons (Fsp3) is 0.0455. The second-order valence-electron chi connectivity index (χ2n) is 6.45. The van der Waals surface area contributed by atoms with Crippen LogP contribution in [0.2, 0.25) is 5.02 Å². The molecule has 0 bridgehead atoms. The van der Waals surface area contributed by atoms with Crippen LogP contribution in [-0.4, -0.2) is 17.9 Å². The molecule has 30 heavy (non-hydrogen) atoms. The molecule has 0 amide bonds. The van der Waals surface area contributed by atoms with E-state index in [9.17, 15) is 10.1 Å². The molecule has 0 radical (unpaired) electrons. The number of ketones is 1. The van der Waals surface area contributed by atoms with Gasteiger partial charge in [-0.2, -0.15) is 5.26 Å². The number of pyridine rings is 1. The number of ether oxygens (including phenoxy) is 1. The third-order valence-corrected chi connectivity index (χ3v) is 6.06. The molecule has 0 unspecified atom stereocenters. The third kappa shape index (κ3) is 3.22. The van der Waals surface area contributed by atoms with Crippen molar-refractivity contribution in [3.63, 3.8) is 0 Å². The van der Waals surface area contributed by atoms with Crippen molar-refractivity contribution < 1.29 is 9.53 Å². The lowest BCUT2D eigenvalue weighted by Gasteiger charge is -2.10. The zero-order valence-electron chi connectivity index (χ0n) is 15.8. The van der Waals surface area contributed by atoms with Crippen LogP contribution >= 0.6 is 22.9 Å². The number of nitriles is 1. The summed E-state index contributed by atoms with van der Waals surface area (Å²) >= 11 is 7.07. The second-order valence-corrected chi connectivity index (χ2v) is 7.88. The molecule has 4 aromatic rings. The van der Waals surface area contributed by atoms with Gasteiger partial charge >= 0.3 is 0 Å². The number of nitrogens with two attached hydrogens (primary N) is 2. The molecule has 0 aliphatic carbocycles. The van der Waals surface area contributed by atoms with E-state index >= 15 is 0 Å². The molecule has 4 rings (SSSR count). The topological polar surface area (TPSA) is 115 Å². The van der Waals surface area contributed by atoms with E-state index in [1.165, 1.54) is 0 Å². The molecule has 2 aromatic carbocycles. The highest BCUT2D eigenvalue weighted by Crippen LogP contribution is 2.43. The average Bonchev–Trinajstić information content (AvgIpc) is 3.08. The maximum Gasteiger partial charge on any atom is 0.205 e. The summed E-state index contributed by atoms with van der Waals surface area (Å²) in [6, 6.07) is 15.9. The monoisotopic (exact) mass is 434 g/mol. The van der Waals surface area contributed by atoms with Gasteiger partial charge in [0.25, 0.3) is 0 Å². The van der Waals surface area contributed by atoms with Crippen LogP contribution < -0.4 is 16.2 Å². The lowest BCUT2D eigenvalue weighted by molar-refractivity contribution is 0.104. The maximum absolute atomic E-state index is 13.1. The summed E-state index contributed by atoms with van der Waals surface area (Å²) in [4.78, 5) is 18.2. The number of anilines is 2. The number of hydrogen-bond acceptors (Lipinski definition) is 7. The number of methoxy groups -OCH3 is 1. The molecular formula is C22H15ClN4O2S. The van der Waals surface area contributed by atoms with Gasteiger partial charge in [0, 0.05) is 21.5 Å². The van der Waals surface area contributed by atoms with E-state index in [0.29, 0.717) is 37.0 Å². The van der Waals surface area contributed by atoms with Crippen molar-refractivity contribution in [1.29, 1.82) is 5.26 Å². The molecule has 8 heteroatoms. The van der Waals surface area contributed by atoms with Crippen LogP contribution in [0.1, 0.15) is 20.8 Å². The van der Waals surface area contributed by atoms with E-state index in [0.717, 1.165) is 16.9 Å². The van der Waals surface area contributed by atoms with Gasteiger partial charge in [0.1, 0.15) is 32.9 Å². The number of carbonyl (C=O) groups excluding carboxylic acids is 1. The number of nitrogens with zero attached hydrogens (tertiary/aromatic N) is 2. The minimum atomic E-state index is -0.245. The zero-order chi connectivity index (χ0) is 21.4. The number of hydrogen-bond donors (Lipinski definition) is 2. The standard InChI is InChI=1S/C22H15ClN4O2S/c1-29-14-8-4-11(5-9-14)16-15(10-24)21(26)27-22-17(16)18(25)20(30-22)19(28)12-2-6-13(23)7-3-12/h2-9H,25H2,1H3,(H2,26,27). The number of carbonyl (C=O) groups is 1. The first kappa shape index (κ1) is 19.7. The third-order valence-electron chi connectivity index (χ3n) is 4.71. The Hall–Kier alpha value is -3.60. The quantitative estimate of drug-likeness (QED) is 0.442. The van der Waals surface area contributed by atoms with Crippen LogP contribution in [0.4, 0.5) is 11.5 Å². The fourth-order valence-electron chi connectivity index (χ4n) is 3.23. The molecule has 0 aliphatic heterocycles. The van der Waals surface area contributed by atoms with Crippen LogP contribution in [0.25, 0.3) is 21.3 Å². The lowest BCUT2D eigenvalue weighted by Crippen LogP contribution is -2.02. The Morgan fingerprint density at radius 1 is 1.13 bits per heavy atom. The van der Waals surface area contributed by atoms with Crippen molar-refractivity contribution in [3.8, 4) is 22.9 Å². The van der Waals surface area contributed by atoms with E-state index in [1.54, 1.807) is 43.5 Å². The van der Waals surface area contributed by atoms with Gasteiger partial charge in [-0.1, -0.05) is 23.7 Å². The number of fused-ring (bicyclic) bond motifs is 1. The molecule has 0 spiro atoms. The number of halogens is 1. The Kier molecular flexibility index (Phi) is 5.04. The van der Waals surface area contributed by atoms with Crippen molar-refractivity contribution >= 4 is 50.4 Å². The minimum absolute atomic E-state index is 0.0857. The Bertz CT molecular complexity index is 1320. The molecule has 2 heterocycles. The Morgan fingerprint density at radius 3 is 2.40 bits per heavy atom. The van der Waals surface area contributed by atoms with Crippen molar-refractivity contribution in [3.05, 3.63) is 69.6 Å². The summed E-state index contributed by atoms with van der Waals surface area (Å²) in [6.45, 7) is 0.